The number of hydrogen-bond donors (Lipinski definition) is 1. The van der Waals surface area contributed by atoms with E-state index < -0.39 is 0 Å². The first-order valence-electron chi connectivity index (χ1n) is 7.65. The predicted molar refractivity (Wildman–Crippen MR) is 109 cm³/mol. The lowest BCUT2D eigenvalue weighted by Gasteiger charge is -2.12. The second-order valence-electron chi connectivity index (χ2n) is 5.38. The highest BCUT2D eigenvalue weighted by molar-refractivity contribution is 14.1. The van der Waals surface area contributed by atoms with Crippen LogP contribution in [0.5, 0.6) is 5.75 Å². The summed E-state index contributed by atoms with van der Waals surface area (Å²) in [5, 5.41) is 3.36. The summed E-state index contributed by atoms with van der Waals surface area (Å²) >= 11 is 8.28. The number of carbonyl (C=O) groups is 1. The quantitative estimate of drug-likeness (QED) is 0.487. The fraction of sp³-hybridized carbons (Fsp3) is 0.0500. The van der Waals surface area contributed by atoms with Crippen LogP contribution in [-0.4, -0.2) is 5.91 Å². The molecule has 0 aromatic heterocycles. The van der Waals surface area contributed by atoms with Gasteiger partial charge in [-0.1, -0.05) is 41.9 Å². The van der Waals surface area contributed by atoms with E-state index in [1.807, 2.05) is 54.6 Å². The minimum atomic E-state index is -0.258. The second-order valence-corrected chi connectivity index (χ2v) is 7.06. The maximum Gasteiger partial charge on any atom is 0.259 e. The zero-order valence-electron chi connectivity index (χ0n) is 13.2. The summed E-state index contributed by atoms with van der Waals surface area (Å²) in [5.41, 5.74) is 2.16. The van der Waals surface area contributed by atoms with E-state index in [-0.39, 0.29) is 5.91 Å². The summed E-state index contributed by atoms with van der Waals surface area (Å²) in [6.45, 7) is 0.381. The van der Waals surface area contributed by atoms with Crippen LogP contribution in [-0.2, 0) is 6.61 Å². The largest absolute Gasteiger partial charge is 0.488 e. The van der Waals surface area contributed by atoms with Gasteiger partial charge in [0.2, 0.25) is 0 Å². The molecule has 0 unspecified atom stereocenters. The minimum Gasteiger partial charge on any atom is -0.488 e. The van der Waals surface area contributed by atoms with Crippen molar-refractivity contribution in [3.8, 4) is 5.75 Å². The van der Waals surface area contributed by atoms with E-state index in [9.17, 15) is 4.79 Å². The van der Waals surface area contributed by atoms with Gasteiger partial charge in [-0.25, -0.2) is 0 Å². The van der Waals surface area contributed by atoms with Crippen molar-refractivity contribution in [1.29, 1.82) is 0 Å². The van der Waals surface area contributed by atoms with Gasteiger partial charge in [0, 0.05) is 14.3 Å². The first-order valence-corrected chi connectivity index (χ1v) is 9.11. The van der Waals surface area contributed by atoms with Crippen molar-refractivity contribution in [2.24, 2.45) is 0 Å². The van der Waals surface area contributed by atoms with Gasteiger partial charge in [-0.3, -0.25) is 4.79 Å². The lowest BCUT2D eigenvalue weighted by atomic mass is 10.1. The van der Waals surface area contributed by atoms with E-state index in [2.05, 4.69) is 27.9 Å². The highest BCUT2D eigenvalue weighted by Crippen LogP contribution is 2.25. The molecular weight excluding hydrogens is 449 g/mol. The maximum atomic E-state index is 12.6. The Morgan fingerprint density at radius 1 is 1.00 bits per heavy atom. The summed E-state index contributed by atoms with van der Waals surface area (Å²) in [5.74, 6) is 0.239. The van der Waals surface area contributed by atoms with Gasteiger partial charge in [-0.2, -0.15) is 0 Å². The van der Waals surface area contributed by atoms with Gasteiger partial charge in [-0.15, -0.1) is 0 Å². The van der Waals surface area contributed by atoms with Crippen LogP contribution >= 0.6 is 34.2 Å². The number of benzene rings is 3. The zero-order chi connectivity index (χ0) is 17.6. The van der Waals surface area contributed by atoms with Crippen LogP contribution in [0.2, 0.25) is 5.02 Å². The standard InChI is InChI=1S/C20H15ClINO2/c21-15-6-11-19(25-13-14-4-2-1-3-5-14)18(12-15)20(24)23-17-9-7-16(22)8-10-17/h1-12H,13H2,(H,23,24). The number of nitrogens with one attached hydrogen (secondary N) is 1. The molecule has 3 nitrogen and oxygen atoms in total. The van der Waals surface area contributed by atoms with Crippen LogP contribution in [0.25, 0.3) is 0 Å². The molecule has 0 aliphatic carbocycles. The molecule has 1 amide bonds. The Morgan fingerprint density at radius 3 is 2.44 bits per heavy atom. The van der Waals surface area contributed by atoms with Crippen LogP contribution in [0.4, 0.5) is 5.69 Å². The number of halogens is 2. The van der Waals surface area contributed by atoms with Crippen molar-refractivity contribution in [2.75, 3.05) is 5.32 Å². The molecule has 0 heterocycles. The van der Waals surface area contributed by atoms with Crippen molar-refractivity contribution in [1.82, 2.24) is 0 Å². The molecule has 1 N–H and O–H groups in total. The molecule has 3 aromatic carbocycles. The monoisotopic (exact) mass is 463 g/mol. The SMILES string of the molecule is O=C(Nc1ccc(I)cc1)c1cc(Cl)ccc1OCc1ccccc1. The third-order valence-corrected chi connectivity index (χ3v) is 4.48. The fourth-order valence-electron chi connectivity index (χ4n) is 2.27. The number of hydrogen-bond acceptors (Lipinski definition) is 2. The summed E-state index contributed by atoms with van der Waals surface area (Å²) in [4.78, 5) is 12.6. The molecule has 5 heteroatoms. The van der Waals surface area contributed by atoms with Gasteiger partial charge in [0.25, 0.3) is 5.91 Å². The second kappa shape index (κ2) is 8.36. The lowest BCUT2D eigenvalue weighted by molar-refractivity contribution is 0.102. The topological polar surface area (TPSA) is 38.3 Å². The average molecular weight is 464 g/mol. The van der Waals surface area contributed by atoms with E-state index in [1.165, 1.54) is 0 Å². The molecular formula is C20H15ClINO2. The Bertz CT molecular complexity index is 867. The smallest absolute Gasteiger partial charge is 0.259 e. The van der Waals surface area contributed by atoms with E-state index >= 15 is 0 Å². The van der Waals surface area contributed by atoms with Crippen molar-refractivity contribution in [3.63, 3.8) is 0 Å². The molecule has 0 aliphatic heterocycles. The maximum absolute atomic E-state index is 12.6. The summed E-state index contributed by atoms with van der Waals surface area (Å²) < 4.78 is 6.94. The molecule has 0 fully saturated rings. The first kappa shape index (κ1) is 17.8. The molecule has 25 heavy (non-hydrogen) atoms. The highest BCUT2D eigenvalue weighted by atomic mass is 127. The molecule has 0 bridgehead atoms. The third-order valence-electron chi connectivity index (χ3n) is 3.53. The lowest BCUT2D eigenvalue weighted by Crippen LogP contribution is -2.13. The van der Waals surface area contributed by atoms with E-state index in [0.29, 0.717) is 22.9 Å². The number of carbonyl (C=O) groups excluding carboxylic acids is 1. The summed E-state index contributed by atoms with van der Waals surface area (Å²) in [6.07, 6.45) is 0. The molecule has 126 valence electrons. The Morgan fingerprint density at radius 2 is 1.72 bits per heavy atom. The van der Waals surface area contributed by atoms with Crippen molar-refractivity contribution in [3.05, 3.63) is 92.5 Å². The van der Waals surface area contributed by atoms with Gasteiger partial charge in [0.05, 0.1) is 5.56 Å². The van der Waals surface area contributed by atoms with Gasteiger partial charge < -0.3 is 10.1 Å². The number of rotatable bonds is 5. The van der Waals surface area contributed by atoms with Crippen LogP contribution in [0, 0.1) is 3.57 Å². The van der Waals surface area contributed by atoms with Crippen LogP contribution in [0.3, 0.4) is 0 Å². The fourth-order valence-corrected chi connectivity index (χ4v) is 2.80. The van der Waals surface area contributed by atoms with Gasteiger partial charge in [0.1, 0.15) is 12.4 Å². The van der Waals surface area contributed by atoms with Crippen LogP contribution < -0.4 is 10.1 Å². The molecule has 0 radical (unpaired) electrons. The summed E-state index contributed by atoms with van der Waals surface area (Å²) in [7, 11) is 0. The van der Waals surface area contributed by atoms with Crippen molar-refractivity contribution >= 4 is 45.8 Å². The number of anilines is 1. The van der Waals surface area contributed by atoms with E-state index in [0.717, 1.165) is 14.8 Å². The zero-order valence-corrected chi connectivity index (χ0v) is 16.1. The van der Waals surface area contributed by atoms with Crippen LogP contribution in [0.15, 0.2) is 72.8 Å². The molecule has 0 aliphatic rings. The highest BCUT2D eigenvalue weighted by Gasteiger charge is 2.14. The Kier molecular flexibility index (Phi) is 5.94. The van der Waals surface area contributed by atoms with Gasteiger partial charge in [0.15, 0.2) is 0 Å². The first-order chi connectivity index (χ1) is 12.1. The molecule has 3 rings (SSSR count). The Balaban J connectivity index is 1.78. The van der Waals surface area contributed by atoms with Gasteiger partial charge >= 0.3 is 0 Å². The Labute approximate surface area is 165 Å². The third kappa shape index (κ3) is 4.96. The molecule has 0 atom stereocenters. The minimum absolute atomic E-state index is 0.258. The average Bonchev–Trinajstić information content (AvgIpc) is 2.63. The molecule has 0 spiro atoms. The predicted octanol–water partition coefficient (Wildman–Crippen LogP) is 5.78. The van der Waals surface area contributed by atoms with E-state index in [4.69, 9.17) is 16.3 Å². The Hall–Kier alpha value is -2.05. The summed E-state index contributed by atoms with van der Waals surface area (Å²) in [6, 6.07) is 22.4. The van der Waals surface area contributed by atoms with Crippen molar-refractivity contribution in [2.45, 2.75) is 6.61 Å². The van der Waals surface area contributed by atoms with E-state index in [1.54, 1.807) is 18.2 Å². The molecule has 3 aromatic rings. The number of ether oxygens (including phenoxy) is 1. The van der Waals surface area contributed by atoms with Crippen molar-refractivity contribution < 1.29 is 9.53 Å². The van der Waals surface area contributed by atoms with Crippen LogP contribution in [0.1, 0.15) is 15.9 Å². The van der Waals surface area contributed by atoms with Gasteiger partial charge in [-0.05, 0) is 70.6 Å². The number of amides is 1. The molecule has 0 saturated heterocycles. The molecule has 0 saturated carbocycles. The normalized spacial score (nSPS) is 10.3.